The van der Waals surface area contributed by atoms with E-state index < -0.39 is 0 Å². The minimum atomic E-state index is -0.267. The third-order valence-corrected chi connectivity index (χ3v) is 5.61. The molecule has 0 spiro atoms. The topological polar surface area (TPSA) is 72.2 Å². The summed E-state index contributed by atoms with van der Waals surface area (Å²) < 4.78 is 1.75. The average molecular weight is 418 g/mol. The van der Waals surface area contributed by atoms with Gasteiger partial charge in [-0.1, -0.05) is 53.6 Å². The highest BCUT2D eigenvalue weighted by Gasteiger charge is 2.13. The SMILES string of the molecule is CCc1nnc2sc(-c3cccc(NC(=O)c4ccc(Cl)c(Cl)c4)c3)nn12. The van der Waals surface area contributed by atoms with Gasteiger partial charge in [-0.05, 0) is 30.3 Å². The molecule has 0 aliphatic heterocycles. The standard InChI is InChI=1S/C18H13Cl2N5OS/c1-2-15-22-23-18-25(15)24-17(27-18)11-4-3-5-12(8-11)21-16(26)10-6-7-13(19)14(20)9-10/h3-9H,2H2,1H3,(H,21,26). The minimum Gasteiger partial charge on any atom is -0.322 e. The molecule has 9 heteroatoms. The van der Waals surface area contributed by atoms with Crippen LogP contribution in [0.1, 0.15) is 23.1 Å². The molecule has 0 aliphatic carbocycles. The lowest BCUT2D eigenvalue weighted by atomic mass is 10.2. The third kappa shape index (κ3) is 3.53. The van der Waals surface area contributed by atoms with Gasteiger partial charge in [-0.2, -0.15) is 9.61 Å². The lowest BCUT2D eigenvalue weighted by molar-refractivity contribution is 0.102. The maximum Gasteiger partial charge on any atom is 0.255 e. The highest BCUT2D eigenvalue weighted by Crippen LogP contribution is 2.28. The maximum absolute atomic E-state index is 12.5. The number of fused-ring (bicyclic) bond motifs is 1. The van der Waals surface area contributed by atoms with E-state index in [1.54, 1.807) is 16.6 Å². The molecule has 0 atom stereocenters. The van der Waals surface area contributed by atoms with Gasteiger partial charge in [-0.25, -0.2) is 0 Å². The molecule has 4 rings (SSSR count). The Morgan fingerprint density at radius 1 is 1.15 bits per heavy atom. The van der Waals surface area contributed by atoms with E-state index in [0.717, 1.165) is 27.8 Å². The number of carbonyl (C=O) groups excluding carboxylic acids is 1. The first-order valence-corrected chi connectivity index (χ1v) is 9.70. The van der Waals surface area contributed by atoms with Gasteiger partial charge in [0.15, 0.2) is 5.82 Å². The van der Waals surface area contributed by atoms with Gasteiger partial charge >= 0.3 is 0 Å². The van der Waals surface area contributed by atoms with Crippen molar-refractivity contribution in [3.63, 3.8) is 0 Å². The summed E-state index contributed by atoms with van der Waals surface area (Å²) in [5, 5.41) is 17.2. The molecule has 0 radical (unpaired) electrons. The van der Waals surface area contributed by atoms with E-state index in [0.29, 0.717) is 21.3 Å². The molecule has 0 saturated heterocycles. The molecule has 0 unspecified atom stereocenters. The maximum atomic E-state index is 12.5. The zero-order valence-corrected chi connectivity index (χ0v) is 16.4. The molecular formula is C18H13Cl2N5OS. The summed E-state index contributed by atoms with van der Waals surface area (Å²) in [6, 6.07) is 12.2. The van der Waals surface area contributed by atoms with Crippen LogP contribution in [-0.2, 0) is 6.42 Å². The summed E-state index contributed by atoms with van der Waals surface area (Å²) in [5.41, 5.74) is 1.98. The monoisotopic (exact) mass is 417 g/mol. The molecule has 2 aromatic carbocycles. The zero-order valence-electron chi connectivity index (χ0n) is 14.1. The van der Waals surface area contributed by atoms with Gasteiger partial charge in [0.1, 0.15) is 5.01 Å². The van der Waals surface area contributed by atoms with Crippen LogP contribution in [0.15, 0.2) is 42.5 Å². The van der Waals surface area contributed by atoms with Crippen molar-refractivity contribution in [2.45, 2.75) is 13.3 Å². The second kappa shape index (κ2) is 7.26. The molecular weight excluding hydrogens is 405 g/mol. The Balaban J connectivity index is 1.60. The predicted octanol–water partition coefficient (Wildman–Crippen LogP) is 4.97. The number of nitrogens with one attached hydrogen (secondary N) is 1. The molecule has 0 bridgehead atoms. The fourth-order valence-electron chi connectivity index (χ4n) is 2.57. The van der Waals surface area contributed by atoms with Gasteiger partial charge in [0, 0.05) is 23.2 Å². The van der Waals surface area contributed by atoms with Crippen molar-refractivity contribution < 1.29 is 4.79 Å². The lowest BCUT2D eigenvalue weighted by Gasteiger charge is -2.07. The van der Waals surface area contributed by atoms with Crippen LogP contribution in [0.5, 0.6) is 0 Å². The summed E-state index contributed by atoms with van der Waals surface area (Å²) in [5.74, 6) is 0.550. The largest absolute Gasteiger partial charge is 0.322 e. The number of nitrogens with zero attached hydrogens (tertiary/aromatic N) is 4. The Kier molecular flexibility index (Phi) is 4.82. The fraction of sp³-hybridized carbons (Fsp3) is 0.111. The van der Waals surface area contributed by atoms with Crippen molar-refractivity contribution >= 4 is 51.1 Å². The van der Waals surface area contributed by atoms with Crippen LogP contribution in [0.2, 0.25) is 10.0 Å². The minimum absolute atomic E-state index is 0.267. The number of aryl methyl sites for hydroxylation is 1. The second-order valence-electron chi connectivity index (χ2n) is 5.74. The van der Waals surface area contributed by atoms with Crippen LogP contribution < -0.4 is 5.32 Å². The Hall–Kier alpha value is -2.48. The van der Waals surface area contributed by atoms with Gasteiger partial charge in [0.2, 0.25) is 4.96 Å². The Morgan fingerprint density at radius 3 is 2.78 bits per heavy atom. The van der Waals surface area contributed by atoms with Crippen LogP contribution in [0, 0.1) is 0 Å². The van der Waals surface area contributed by atoms with Crippen molar-refractivity contribution in [1.29, 1.82) is 0 Å². The lowest BCUT2D eigenvalue weighted by Crippen LogP contribution is -2.11. The van der Waals surface area contributed by atoms with Gasteiger partial charge in [0.25, 0.3) is 5.91 Å². The molecule has 6 nitrogen and oxygen atoms in total. The Labute approximate surface area is 168 Å². The van der Waals surface area contributed by atoms with Crippen molar-refractivity contribution in [2.75, 3.05) is 5.32 Å². The van der Waals surface area contributed by atoms with Crippen LogP contribution >= 0.6 is 34.5 Å². The highest BCUT2D eigenvalue weighted by molar-refractivity contribution is 7.19. The number of aromatic nitrogens is 4. The number of carbonyl (C=O) groups is 1. The van der Waals surface area contributed by atoms with E-state index >= 15 is 0 Å². The quantitative estimate of drug-likeness (QED) is 0.508. The molecule has 1 amide bonds. The third-order valence-electron chi connectivity index (χ3n) is 3.92. The summed E-state index contributed by atoms with van der Waals surface area (Å²) >= 11 is 13.3. The number of halogens is 2. The number of hydrogen-bond donors (Lipinski definition) is 1. The number of benzene rings is 2. The number of anilines is 1. The van der Waals surface area contributed by atoms with E-state index in [4.69, 9.17) is 23.2 Å². The van der Waals surface area contributed by atoms with Crippen molar-refractivity contribution in [3.8, 4) is 10.6 Å². The van der Waals surface area contributed by atoms with E-state index in [-0.39, 0.29) is 5.91 Å². The molecule has 4 aromatic rings. The molecule has 0 aliphatic rings. The molecule has 0 fully saturated rings. The van der Waals surface area contributed by atoms with Crippen LogP contribution in [0.25, 0.3) is 15.5 Å². The summed E-state index contributed by atoms with van der Waals surface area (Å²) in [6.45, 7) is 2.01. The van der Waals surface area contributed by atoms with Gasteiger partial charge in [-0.3, -0.25) is 4.79 Å². The van der Waals surface area contributed by atoms with E-state index in [1.165, 1.54) is 17.4 Å². The van der Waals surface area contributed by atoms with Crippen molar-refractivity contribution in [3.05, 3.63) is 63.9 Å². The fourth-order valence-corrected chi connectivity index (χ4v) is 3.72. The van der Waals surface area contributed by atoms with E-state index in [2.05, 4.69) is 20.6 Å². The molecule has 2 heterocycles. The summed E-state index contributed by atoms with van der Waals surface area (Å²) in [4.78, 5) is 13.2. The van der Waals surface area contributed by atoms with Crippen molar-refractivity contribution in [2.24, 2.45) is 0 Å². The van der Waals surface area contributed by atoms with Gasteiger partial charge in [0.05, 0.1) is 10.0 Å². The zero-order chi connectivity index (χ0) is 19.0. The molecule has 0 saturated carbocycles. The number of rotatable bonds is 4. The second-order valence-corrected chi connectivity index (χ2v) is 7.51. The van der Waals surface area contributed by atoms with Crippen LogP contribution in [-0.4, -0.2) is 25.7 Å². The van der Waals surface area contributed by atoms with Crippen molar-refractivity contribution in [1.82, 2.24) is 19.8 Å². The first-order valence-electron chi connectivity index (χ1n) is 8.13. The molecule has 27 heavy (non-hydrogen) atoms. The number of amides is 1. The van der Waals surface area contributed by atoms with E-state index in [1.807, 2.05) is 31.2 Å². The Morgan fingerprint density at radius 2 is 2.00 bits per heavy atom. The number of hydrogen-bond acceptors (Lipinski definition) is 5. The molecule has 136 valence electrons. The normalized spacial score (nSPS) is 11.1. The first-order chi connectivity index (χ1) is 13.0. The highest BCUT2D eigenvalue weighted by atomic mass is 35.5. The Bertz CT molecular complexity index is 1150. The van der Waals surface area contributed by atoms with Crippen LogP contribution in [0.3, 0.4) is 0 Å². The smallest absolute Gasteiger partial charge is 0.255 e. The van der Waals surface area contributed by atoms with Gasteiger partial charge < -0.3 is 5.32 Å². The summed E-state index contributed by atoms with van der Waals surface area (Å²) in [7, 11) is 0. The predicted molar refractivity (Wildman–Crippen MR) is 108 cm³/mol. The van der Waals surface area contributed by atoms with Crippen LogP contribution in [0.4, 0.5) is 5.69 Å². The van der Waals surface area contributed by atoms with E-state index in [9.17, 15) is 4.79 Å². The molecule has 1 N–H and O–H groups in total. The first kappa shape index (κ1) is 17.9. The molecule has 2 aromatic heterocycles. The van der Waals surface area contributed by atoms with Gasteiger partial charge in [-0.15, -0.1) is 10.2 Å². The summed E-state index contributed by atoms with van der Waals surface area (Å²) in [6.07, 6.45) is 0.754. The average Bonchev–Trinajstić information content (AvgIpc) is 3.24.